The number of esters is 1. The topological polar surface area (TPSA) is 77.1 Å². The van der Waals surface area contributed by atoms with Gasteiger partial charge in [-0.1, -0.05) is 6.07 Å². The van der Waals surface area contributed by atoms with Crippen LogP contribution in [0.15, 0.2) is 48.5 Å². The molecule has 1 aliphatic rings. The minimum atomic E-state index is -0.603. The molecule has 0 saturated carbocycles. The van der Waals surface area contributed by atoms with Crippen LogP contribution in [-0.2, 0) is 14.3 Å². The molecule has 1 heterocycles. The number of nitrogens with zero attached hydrogens (tertiary/aromatic N) is 1. The normalized spacial score (nSPS) is 12.3. The molecule has 0 saturated heterocycles. The lowest BCUT2D eigenvalue weighted by molar-refractivity contribution is -0.142. The summed E-state index contributed by atoms with van der Waals surface area (Å²) < 4.78 is 15.5. The summed E-state index contributed by atoms with van der Waals surface area (Å²) in [6.07, 6.45) is 2.86. The highest BCUT2D eigenvalue weighted by atomic mass is 16.7. The highest BCUT2D eigenvalue weighted by Gasteiger charge is 2.13. The van der Waals surface area contributed by atoms with Crippen LogP contribution in [0.2, 0.25) is 0 Å². The summed E-state index contributed by atoms with van der Waals surface area (Å²) in [4.78, 5) is 26.2. The average molecular weight is 410 g/mol. The van der Waals surface area contributed by atoms with Crippen LogP contribution in [0.4, 0.5) is 11.4 Å². The zero-order chi connectivity index (χ0) is 21.5. The maximum Gasteiger partial charge on any atom is 0.331 e. The molecule has 0 atom stereocenters. The molecular weight excluding hydrogens is 384 g/mol. The van der Waals surface area contributed by atoms with Gasteiger partial charge in [0.05, 0.1) is 0 Å². The van der Waals surface area contributed by atoms with Gasteiger partial charge in [-0.3, -0.25) is 4.79 Å². The SMILES string of the molecule is CCN(c1ccc(NC(=O)COC(=O)/C=C/c2ccc3c(c2)OCO3)cc1)C(C)C. The van der Waals surface area contributed by atoms with Crippen molar-refractivity contribution < 1.29 is 23.8 Å². The Morgan fingerprint density at radius 3 is 2.57 bits per heavy atom. The van der Waals surface area contributed by atoms with Gasteiger partial charge in [-0.15, -0.1) is 0 Å². The van der Waals surface area contributed by atoms with Crippen LogP contribution in [0.5, 0.6) is 11.5 Å². The van der Waals surface area contributed by atoms with Gasteiger partial charge in [-0.25, -0.2) is 4.79 Å². The predicted molar refractivity (Wildman–Crippen MR) is 116 cm³/mol. The van der Waals surface area contributed by atoms with E-state index in [1.54, 1.807) is 24.3 Å². The molecule has 2 aromatic rings. The van der Waals surface area contributed by atoms with Crippen molar-refractivity contribution in [3.05, 3.63) is 54.1 Å². The van der Waals surface area contributed by atoms with E-state index in [1.165, 1.54) is 6.08 Å². The Labute approximate surface area is 176 Å². The van der Waals surface area contributed by atoms with Gasteiger partial charge >= 0.3 is 5.97 Å². The first kappa shape index (κ1) is 21.2. The first-order chi connectivity index (χ1) is 14.5. The van der Waals surface area contributed by atoms with E-state index < -0.39 is 11.9 Å². The maximum atomic E-state index is 12.0. The van der Waals surface area contributed by atoms with Crippen molar-refractivity contribution in [2.45, 2.75) is 26.8 Å². The lowest BCUT2D eigenvalue weighted by Crippen LogP contribution is -2.30. The number of amides is 1. The second-order valence-corrected chi connectivity index (χ2v) is 7.03. The molecule has 0 fully saturated rings. The van der Waals surface area contributed by atoms with Crippen LogP contribution in [0.25, 0.3) is 6.08 Å². The minimum Gasteiger partial charge on any atom is -0.454 e. The fourth-order valence-corrected chi connectivity index (χ4v) is 3.15. The number of fused-ring (bicyclic) bond motifs is 1. The molecule has 7 heteroatoms. The zero-order valence-electron chi connectivity index (χ0n) is 17.4. The van der Waals surface area contributed by atoms with Crippen molar-refractivity contribution in [3.8, 4) is 11.5 Å². The Kier molecular flexibility index (Phi) is 6.95. The Balaban J connectivity index is 1.46. The smallest absolute Gasteiger partial charge is 0.331 e. The van der Waals surface area contributed by atoms with Crippen LogP contribution in [0.3, 0.4) is 0 Å². The molecule has 7 nitrogen and oxygen atoms in total. The summed E-state index contributed by atoms with van der Waals surface area (Å²) in [5.74, 6) is 0.301. The molecule has 30 heavy (non-hydrogen) atoms. The van der Waals surface area contributed by atoms with E-state index in [0.29, 0.717) is 23.2 Å². The van der Waals surface area contributed by atoms with E-state index in [2.05, 4.69) is 31.0 Å². The van der Waals surface area contributed by atoms with Gasteiger partial charge in [0, 0.05) is 30.0 Å². The summed E-state index contributed by atoms with van der Waals surface area (Å²) >= 11 is 0. The first-order valence-corrected chi connectivity index (χ1v) is 9.87. The Bertz CT molecular complexity index is 922. The Hall–Kier alpha value is -3.48. The van der Waals surface area contributed by atoms with E-state index in [1.807, 2.05) is 24.3 Å². The Morgan fingerprint density at radius 1 is 1.13 bits per heavy atom. The average Bonchev–Trinajstić information content (AvgIpc) is 3.20. The number of ether oxygens (including phenoxy) is 3. The van der Waals surface area contributed by atoms with Gasteiger partial charge in [0.25, 0.3) is 5.91 Å². The van der Waals surface area contributed by atoms with E-state index in [9.17, 15) is 9.59 Å². The van der Waals surface area contributed by atoms with Crippen molar-refractivity contribution in [1.29, 1.82) is 0 Å². The Morgan fingerprint density at radius 2 is 1.87 bits per heavy atom. The van der Waals surface area contributed by atoms with Crippen LogP contribution >= 0.6 is 0 Å². The van der Waals surface area contributed by atoms with E-state index in [0.717, 1.165) is 17.8 Å². The molecule has 0 bridgehead atoms. The summed E-state index contributed by atoms with van der Waals surface area (Å²) in [5, 5.41) is 2.72. The number of nitrogens with one attached hydrogen (secondary N) is 1. The van der Waals surface area contributed by atoms with E-state index in [4.69, 9.17) is 14.2 Å². The number of anilines is 2. The molecule has 1 N–H and O–H groups in total. The molecule has 2 aromatic carbocycles. The molecule has 1 aliphatic heterocycles. The molecule has 0 unspecified atom stereocenters. The quantitative estimate of drug-likeness (QED) is 0.526. The lowest BCUT2D eigenvalue weighted by Gasteiger charge is -2.27. The molecular formula is C23H26N2O5. The fraction of sp³-hybridized carbons (Fsp3) is 0.304. The van der Waals surface area contributed by atoms with Crippen molar-refractivity contribution in [3.63, 3.8) is 0 Å². The number of rotatable bonds is 8. The largest absolute Gasteiger partial charge is 0.454 e. The molecule has 0 aromatic heterocycles. The number of hydrogen-bond acceptors (Lipinski definition) is 6. The summed E-state index contributed by atoms with van der Waals surface area (Å²) in [6.45, 7) is 7.10. The van der Waals surface area contributed by atoms with Crippen molar-refractivity contribution >= 4 is 29.3 Å². The number of carbonyl (C=O) groups is 2. The lowest BCUT2D eigenvalue weighted by atomic mass is 10.2. The van der Waals surface area contributed by atoms with Crippen molar-refractivity contribution in [1.82, 2.24) is 0 Å². The van der Waals surface area contributed by atoms with E-state index in [-0.39, 0.29) is 13.4 Å². The minimum absolute atomic E-state index is 0.191. The van der Waals surface area contributed by atoms with E-state index >= 15 is 0 Å². The summed E-state index contributed by atoms with van der Waals surface area (Å²) in [5.41, 5.74) is 2.50. The standard InChI is InChI=1S/C23H26N2O5/c1-4-25(16(2)3)19-9-7-18(8-10-19)24-22(26)14-28-23(27)12-6-17-5-11-20-21(13-17)30-15-29-20/h5-13,16H,4,14-15H2,1-3H3,(H,24,26)/b12-6+. The van der Waals surface area contributed by atoms with Crippen LogP contribution in [-0.4, -0.2) is 37.9 Å². The van der Waals surface area contributed by atoms with Gasteiger partial charge < -0.3 is 24.4 Å². The molecule has 0 radical (unpaired) electrons. The van der Waals surface area contributed by atoms with Gasteiger partial charge in [-0.2, -0.15) is 0 Å². The highest BCUT2D eigenvalue weighted by molar-refractivity contribution is 5.94. The third-order valence-corrected chi connectivity index (χ3v) is 4.60. The van der Waals surface area contributed by atoms with Crippen LogP contribution in [0.1, 0.15) is 26.3 Å². The van der Waals surface area contributed by atoms with Gasteiger partial charge in [0.1, 0.15) is 0 Å². The second kappa shape index (κ2) is 9.82. The zero-order valence-corrected chi connectivity index (χ0v) is 17.4. The second-order valence-electron chi connectivity index (χ2n) is 7.03. The van der Waals surface area contributed by atoms with Crippen molar-refractivity contribution in [2.24, 2.45) is 0 Å². The van der Waals surface area contributed by atoms with Crippen LogP contribution in [0, 0.1) is 0 Å². The molecule has 1 amide bonds. The summed E-state index contributed by atoms with van der Waals surface area (Å²) in [7, 11) is 0. The van der Waals surface area contributed by atoms with Crippen molar-refractivity contribution in [2.75, 3.05) is 30.2 Å². The fourth-order valence-electron chi connectivity index (χ4n) is 3.15. The monoisotopic (exact) mass is 410 g/mol. The molecule has 3 rings (SSSR count). The third-order valence-electron chi connectivity index (χ3n) is 4.60. The molecule has 158 valence electrons. The number of hydrogen-bond donors (Lipinski definition) is 1. The molecule has 0 aliphatic carbocycles. The first-order valence-electron chi connectivity index (χ1n) is 9.87. The van der Waals surface area contributed by atoms with Gasteiger partial charge in [0.2, 0.25) is 6.79 Å². The number of benzene rings is 2. The third kappa shape index (κ3) is 5.53. The van der Waals surface area contributed by atoms with Gasteiger partial charge in [-0.05, 0) is 68.8 Å². The number of carbonyl (C=O) groups excluding carboxylic acids is 2. The van der Waals surface area contributed by atoms with Crippen LogP contribution < -0.4 is 19.7 Å². The maximum absolute atomic E-state index is 12.0. The van der Waals surface area contributed by atoms with Gasteiger partial charge in [0.15, 0.2) is 18.1 Å². The predicted octanol–water partition coefficient (Wildman–Crippen LogP) is 3.85. The highest BCUT2D eigenvalue weighted by Crippen LogP contribution is 2.32. The molecule has 0 spiro atoms. The summed E-state index contributed by atoms with van der Waals surface area (Å²) in [6, 6.07) is 13.3.